The van der Waals surface area contributed by atoms with E-state index in [2.05, 4.69) is 5.32 Å². The van der Waals surface area contributed by atoms with E-state index in [9.17, 15) is 9.59 Å². The molecule has 1 aliphatic rings. The summed E-state index contributed by atoms with van der Waals surface area (Å²) in [6, 6.07) is 3.39. The summed E-state index contributed by atoms with van der Waals surface area (Å²) in [5, 5.41) is 13.9. The van der Waals surface area contributed by atoms with Gasteiger partial charge in [0.25, 0.3) is 0 Å². The molecular weight excluding hydrogens is 300 g/mol. The van der Waals surface area contributed by atoms with Gasteiger partial charge in [0.1, 0.15) is 6.04 Å². The summed E-state index contributed by atoms with van der Waals surface area (Å²) in [7, 11) is 0. The number of halogens is 1. The number of hydrogen-bond donors (Lipinski definition) is 2. The van der Waals surface area contributed by atoms with E-state index in [1.165, 1.54) is 0 Å². The molecule has 112 valence electrons. The first kappa shape index (κ1) is 16.9. The Morgan fingerprint density at radius 3 is 2.90 bits per heavy atom. The van der Waals surface area contributed by atoms with E-state index in [1.54, 1.807) is 16.2 Å². The number of amides is 1. The van der Waals surface area contributed by atoms with E-state index in [1.807, 2.05) is 17.5 Å². The summed E-state index contributed by atoms with van der Waals surface area (Å²) >= 11 is 1.59. The van der Waals surface area contributed by atoms with Crippen molar-refractivity contribution in [3.05, 3.63) is 22.4 Å². The highest BCUT2D eigenvalue weighted by Crippen LogP contribution is 2.16. The van der Waals surface area contributed by atoms with Crippen molar-refractivity contribution in [2.75, 3.05) is 13.1 Å². The standard InChI is InChI=1S/C13H18N2O3S.ClH/c16-12(14-8-10-4-3-7-19-10)9-15-6-2-1-5-11(15)13(17)18;/h3-4,7,11H,1-2,5-6,8-9H2,(H,14,16)(H,17,18);1H. The zero-order valence-corrected chi connectivity index (χ0v) is 12.7. The van der Waals surface area contributed by atoms with Gasteiger partial charge >= 0.3 is 5.97 Å². The zero-order chi connectivity index (χ0) is 13.7. The third-order valence-electron chi connectivity index (χ3n) is 3.29. The van der Waals surface area contributed by atoms with E-state index in [-0.39, 0.29) is 24.9 Å². The Kier molecular flexibility index (Phi) is 6.98. The lowest BCUT2D eigenvalue weighted by molar-refractivity contribution is -0.145. The number of rotatable bonds is 5. The molecule has 1 aromatic heterocycles. The lowest BCUT2D eigenvalue weighted by atomic mass is 10.0. The molecule has 1 aromatic rings. The zero-order valence-electron chi connectivity index (χ0n) is 11.1. The van der Waals surface area contributed by atoms with Crippen LogP contribution in [0.2, 0.25) is 0 Å². The molecule has 2 N–H and O–H groups in total. The minimum Gasteiger partial charge on any atom is -0.480 e. The number of piperidine rings is 1. The predicted molar refractivity (Wildman–Crippen MR) is 80.3 cm³/mol. The molecule has 0 aromatic carbocycles. The van der Waals surface area contributed by atoms with Crippen LogP contribution in [0.3, 0.4) is 0 Å². The van der Waals surface area contributed by atoms with Crippen LogP contribution < -0.4 is 5.32 Å². The fraction of sp³-hybridized carbons (Fsp3) is 0.538. The average molecular weight is 319 g/mol. The first-order chi connectivity index (χ1) is 9.16. The molecule has 20 heavy (non-hydrogen) atoms. The average Bonchev–Trinajstić information content (AvgIpc) is 2.90. The monoisotopic (exact) mass is 318 g/mol. The van der Waals surface area contributed by atoms with Gasteiger partial charge in [0.15, 0.2) is 0 Å². The topological polar surface area (TPSA) is 69.6 Å². The largest absolute Gasteiger partial charge is 0.480 e. The van der Waals surface area contributed by atoms with Gasteiger partial charge in [-0.15, -0.1) is 23.7 Å². The smallest absolute Gasteiger partial charge is 0.320 e. The molecule has 0 bridgehead atoms. The molecule has 1 atom stereocenters. The number of nitrogens with zero attached hydrogens (tertiary/aromatic N) is 1. The van der Waals surface area contributed by atoms with Gasteiger partial charge in [-0.1, -0.05) is 12.5 Å². The molecule has 1 fully saturated rings. The predicted octanol–water partition coefficient (Wildman–Crippen LogP) is 1.73. The molecule has 1 saturated heterocycles. The van der Waals surface area contributed by atoms with E-state index in [4.69, 9.17) is 5.11 Å². The van der Waals surface area contributed by atoms with E-state index in [0.717, 1.165) is 17.7 Å². The van der Waals surface area contributed by atoms with Gasteiger partial charge in [-0.2, -0.15) is 0 Å². The lowest BCUT2D eigenvalue weighted by Crippen LogP contribution is -2.48. The Morgan fingerprint density at radius 2 is 2.25 bits per heavy atom. The highest BCUT2D eigenvalue weighted by atomic mass is 35.5. The minimum atomic E-state index is -0.828. The summed E-state index contributed by atoms with van der Waals surface area (Å²) in [4.78, 5) is 25.8. The number of aliphatic carboxylic acids is 1. The maximum absolute atomic E-state index is 11.8. The number of carbonyl (C=O) groups is 2. The molecule has 5 nitrogen and oxygen atoms in total. The molecule has 0 saturated carbocycles. The number of nitrogens with one attached hydrogen (secondary N) is 1. The van der Waals surface area contributed by atoms with Crippen LogP contribution in [0.5, 0.6) is 0 Å². The van der Waals surface area contributed by atoms with Gasteiger partial charge in [0.05, 0.1) is 13.1 Å². The van der Waals surface area contributed by atoms with Crippen molar-refractivity contribution in [2.45, 2.75) is 31.8 Å². The number of likely N-dealkylation sites (tertiary alicyclic amines) is 1. The van der Waals surface area contributed by atoms with Crippen molar-refractivity contribution in [3.63, 3.8) is 0 Å². The second-order valence-electron chi connectivity index (χ2n) is 4.68. The van der Waals surface area contributed by atoms with Gasteiger partial charge in [0, 0.05) is 4.88 Å². The summed E-state index contributed by atoms with van der Waals surface area (Å²) in [6.07, 6.45) is 2.51. The van der Waals surface area contributed by atoms with E-state index < -0.39 is 12.0 Å². The summed E-state index contributed by atoms with van der Waals surface area (Å²) < 4.78 is 0. The molecule has 1 amide bonds. The van der Waals surface area contributed by atoms with Crippen molar-refractivity contribution in [2.24, 2.45) is 0 Å². The van der Waals surface area contributed by atoms with Crippen LogP contribution in [0.4, 0.5) is 0 Å². The number of carbonyl (C=O) groups excluding carboxylic acids is 1. The molecule has 2 heterocycles. The number of hydrogen-bond acceptors (Lipinski definition) is 4. The Bertz CT molecular complexity index is 439. The highest BCUT2D eigenvalue weighted by molar-refractivity contribution is 7.09. The SMILES string of the molecule is Cl.O=C(CN1CCCCC1C(=O)O)NCc1cccs1. The first-order valence-corrected chi connectivity index (χ1v) is 7.30. The molecule has 0 aliphatic carbocycles. The molecule has 0 radical (unpaired) electrons. The van der Waals surface area contributed by atoms with Gasteiger partial charge in [0.2, 0.25) is 5.91 Å². The Labute approximate surface area is 128 Å². The van der Waals surface area contributed by atoms with Gasteiger partial charge in [-0.3, -0.25) is 14.5 Å². The van der Waals surface area contributed by atoms with Crippen LogP contribution in [0.25, 0.3) is 0 Å². The third kappa shape index (κ3) is 4.77. The van der Waals surface area contributed by atoms with E-state index >= 15 is 0 Å². The van der Waals surface area contributed by atoms with E-state index in [0.29, 0.717) is 19.5 Å². The number of thiophene rings is 1. The minimum absolute atomic E-state index is 0. The number of carboxylic acids is 1. The second-order valence-corrected chi connectivity index (χ2v) is 5.71. The summed E-state index contributed by atoms with van der Waals surface area (Å²) in [5.41, 5.74) is 0. The number of carboxylic acid groups (broad SMARTS) is 1. The van der Waals surface area contributed by atoms with Crippen molar-refractivity contribution in [3.8, 4) is 0 Å². The molecule has 1 aliphatic heterocycles. The van der Waals surface area contributed by atoms with Crippen LogP contribution in [0, 0.1) is 0 Å². The lowest BCUT2D eigenvalue weighted by Gasteiger charge is -2.32. The van der Waals surface area contributed by atoms with Crippen molar-refractivity contribution in [1.29, 1.82) is 0 Å². The van der Waals surface area contributed by atoms with Crippen LogP contribution in [-0.4, -0.2) is 41.0 Å². The maximum Gasteiger partial charge on any atom is 0.320 e. The quantitative estimate of drug-likeness (QED) is 0.867. The van der Waals surface area contributed by atoms with Crippen LogP contribution in [0.1, 0.15) is 24.1 Å². The van der Waals surface area contributed by atoms with Crippen LogP contribution >= 0.6 is 23.7 Å². The molecular formula is C13H19ClN2O3S. The molecule has 0 spiro atoms. The molecule has 7 heteroatoms. The highest BCUT2D eigenvalue weighted by Gasteiger charge is 2.29. The van der Waals surface area contributed by atoms with Gasteiger partial charge < -0.3 is 10.4 Å². The van der Waals surface area contributed by atoms with Crippen molar-refractivity contribution < 1.29 is 14.7 Å². The summed E-state index contributed by atoms with van der Waals surface area (Å²) in [6.45, 7) is 1.37. The molecule has 2 rings (SSSR count). The van der Waals surface area contributed by atoms with Gasteiger partial charge in [-0.05, 0) is 30.8 Å². The Balaban J connectivity index is 0.00000200. The van der Waals surface area contributed by atoms with Crippen molar-refractivity contribution >= 4 is 35.6 Å². The van der Waals surface area contributed by atoms with Crippen LogP contribution in [0.15, 0.2) is 17.5 Å². The maximum atomic E-state index is 11.8. The first-order valence-electron chi connectivity index (χ1n) is 6.43. The van der Waals surface area contributed by atoms with Gasteiger partial charge in [-0.25, -0.2) is 0 Å². The normalized spacial score (nSPS) is 19.1. The Morgan fingerprint density at radius 1 is 1.45 bits per heavy atom. The second kappa shape index (κ2) is 8.24. The third-order valence-corrected chi connectivity index (χ3v) is 4.16. The molecule has 1 unspecified atom stereocenters. The fourth-order valence-electron chi connectivity index (χ4n) is 2.30. The summed E-state index contributed by atoms with van der Waals surface area (Å²) in [5.74, 6) is -0.938. The van der Waals surface area contributed by atoms with Crippen LogP contribution in [-0.2, 0) is 16.1 Å². The van der Waals surface area contributed by atoms with Crippen molar-refractivity contribution in [1.82, 2.24) is 10.2 Å². The fourth-order valence-corrected chi connectivity index (χ4v) is 2.94. The Hall–Kier alpha value is -1.11.